The monoisotopic (exact) mass is 486 g/mol. The van der Waals surface area contributed by atoms with Crippen molar-refractivity contribution < 1.29 is 17.9 Å². The lowest BCUT2D eigenvalue weighted by Gasteiger charge is -2.23. The summed E-state index contributed by atoms with van der Waals surface area (Å²) in [6.45, 7) is 6.16. The van der Waals surface area contributed by atoms with Gasteiger partial charge in [-0.25, -0.2) is 8.42 Å². The Hall–Kier alpha value is -1.64. The van der Waals surface area contributed by atoms with E-state index in [0.29, 0.717) is 35.2 Å². The zero-order valence-corrected chi connectivity index (χ0v) is 20.2. The number of benzene rings is 2. The molecule has 0 atom stereocenters. The molecule has 6 nitrogen and oxygen atoms in total. The minimum Gasteiger partial charge on any atom is -0.379 e. The molecule has 31 heavy (non-hydrogen) atoms. The summed E-state index contributed by atoms with van der Waals surface area (Å²) < 4.78 is 33.1. The number of hydrogen-bond acceptors (Lipinski definition) is 4. The molecule has 1 N–H and O–H groups in total. The molecule has 0 radical (unpaired) electrons. The Labute approximate surface area is 194 Å². The second-order valence-electron chi connectivity index (χ2n) is 7.41. The number of carbonyl (C=O) groups is 1. The molecule has 2 rings (SSSR count). The fourth-order valence-corrected chi connectivity index (χ4v) is 4.66. The van der Waals surface area contributed by atoms with Crippen molar-refractivity contribution in [2.24, 2.45) is 0 Å². The van der Waals surface area contributed by atoms with Crippen LogP contribution >= 0.6 is 23.2 Å². The molecular formula is C22H28Cl2N2O4S. The maximum Gasteiger partial charge on any atom is 0.243 e. The maximum absolute atomic E-state index is 13.3. The second-order valence-corrected chi connectivity index (χ2v) is 10.2. The highest BCUT2D eigenvalue weighted by molar-refractivity contribution is 7.89. The van der Waals surface area contributed by atoms with Crippen LogP contribution in [0, 0.1) is 6.92 Å². The van der Waals surface area contributed by atoms with Crippen molar-refractivity contribution in [1.82, 2.24) is 9.62 Å². The molecule has 0 heterocycles. The molecule has 0 aromatic heterocycles. The lowest BCUT2D eigenvalue weighted by Crippen LogP contribution is -2.40. The summed E-state index contributed by atoms with van der Waals surface area (Å²) in [4.78, 5) is 12.6. The molecule has 1 amide bonds. The predicted octanol–water partition coefficient (Wildman–Crippen LogP) is 4.42. The molecule has 2 aromatic carbocycles. The van der Waals surface area contributed by atoms with Crippen LogP contribution in [0.5, 0.6) is 0 Å². The number of carbonyl (C=O) groups excluding carboxylic acids is 1. The first-order chi connectivity index (χ1) is 14.6. The van der Waals surface area contributed by atoms with Crippen LogP contribution < -0.4 is 5.32 Å². The first kappa shape index (κ1) is 25.6. The number of halogens is 2. The summed E-state index contributed by atoms with van der Waals surface area (Å²) >= 11 is 12.5. The molecule has 0 unspecified atom stereocenters. The van der Waals surface area contributed by atoms with Crippen LogP contribution in [0.4, 0.5) is 0 Å². The van der Waals surface area contributed by atoms with Gasteiger partial charge in [0.1, 0.15) is 0 Å². The third-order valence-corrected chi connectivity index (χ3v) is 6.98. The van der Waals surface area contributed by atoms with E-state index in [1.54, 1.807) is 30.3 Å². The average Bonchev–Trinajstić information content (AvgIpc) is 2.69. The van der Waals surface area contributed by atoms with E-state index in [1.165, 1.54) is 12.1 Å². The Morgan fingerprint density at radius 1 is 1.10 bits per heavy atom. The number of aryl methyl sites for hydroxylation is 1. The van der Waals surface area contributed by atoms with E-state index in [9.17, 15) is 13.2 Å². The van der Waals surface area contributed by atoms with Gasteiger partial charge in [-0.05, 0) is 51.5 Å². The van der Waals surface area contributed by atoms with Gasteiger partial charge in [0.2, 0.25) is 15.9 Å². The van der Waals surface area contributed by atoms with Crippen LogP contribution in [0.25, 0.3) is 0 Å². The van der Waals surface area contributed by atoms with Gasteiger partial charge in [-0.1, -0.05) is 47.0 Å². The van der Waals surface area contributed by atoms with Crippen LogP contribution in [-0.4, -0.2) is 44.4 Å². The number of nitrogens with one attached hydrogen (secondary N) is 1. The fraction of sp³-hybridized carbons (Fsp3) is 0.409. The molecule has 0 saturated heterocycles. The smallest absolute Gasteiger partial charge is 0.243 e. The lowest BCUT2D eigenvalue weighted by molar-refractivity contribution is -0.121. The highest BCUT2D eigenvalue weighted by atomic mass is 35.5. The predicted molar refractivity (Wildman–Crippen MR) is 124 cm³/mol. The van der Waals surface area contributed by atoms with Crippen molar-refractivity contribution in [3.63, 3.8) is 0 Å². The Balaban J connectivity index is 2.20. The van der Waals surface area contributed by atoms with Crippen molar-refractivity contribution in [3.8, 4) is 0 Å². The third kappa shape index (κ3) is 7.77. The van der Waals surface area contributed by atoms with Gasteiger partial charge in [0.05, 0.1) is 17.5 Å². The molecule has 0 spiro atoms. The van der Waals surface area contributed by atoms with Crippen molar-refractivity contribution in [2.45, 2.75) is 44.7 Å². The van der Waals surface area contributed by atoms with Gasteiger partial charge in [-0.2, -0.15) is 4.31 Å². The van der Waals surface area contributed by atoms with Crippen LogP contribution in [0.15, 0.2) is 47.4 Å². The van der Waals surface area contributed by atoms with Crippen LogP contribution in [-0.2, 0) is 26.1 Å². The van der Waals surface area contributed by atoms with E-state index in [0.717, 1.165) is 9.87 Å². The summed E-state index contributed by atoms with van der Waals surface area (Å²) in [6.07, 6.45) is 0.747. The largest absolute Gasteiger partial charge is 0.379 e. The third-order valence-electron chi connectivity index (χ3n) is 4.47. The van der Waals surface area contributed by atoms with Crippen molar-refractivity contribution >= 4 is 39.1 Å². The molecule has 0 fully saturated rings. The van der Waals surface area contributed by atoms with Crippen LogP contribution in [0.2, 0.25) is 10.0 Å². The summed E-state index contributed by atoms with van der Waals surface area (Å²) in [5.74, 6) is -0.414. The lowest BCUT2D eigenvalue weighted by atomic mass is 10.2. The normalized spacial score (nSPS) is 11.8. The molecule has 2 aromatic rings. The standard InChI is InChI=1S/C22H28Cl2N2O4S/c1-16(2)30-13-5-12-25-22(27)15-26(14-19-20(23)6-4-7-21(19)24)31(28,29)18-10-8-17(3)9-11-18/h4,6-11,16H,5,12-15H2,1-3H3,(H,25,27). The molecule has 0 bridgehead atoms. The number of hydrogen-bond donors (Lipinski definition) is 1. The fourth-order valence-electron chi connectivity index (χ4n) is 2.78. The topological polar surface area (TPSA) is 75.7 Å². The van der Waals surface area contributed by atoms with Crippen molar-refractivity contribution in [1.29, 1.82) is 0 Å². The highest BCUT2D eigenvalue weighted by Crippen LogP contribution is 2.28. The van der Waals surface area contributed by atoms with Gasteiger partial charge in [-0.3, -0.25) is 4.79 Å². The van der Waals surface area contributed by atoms with Gasteiger partial charge in [-0.15, -0.1) is 0 Å². The number of sulfonamides is 1. The summed E-state index contributed by atoms with van der Waals surface area (Å²) in [6, 6.07) is 11.4. The zero-order valence-electron chi connectivity index (χ0n) is 17.9. The Bertz CT molecular complexity index is 959. The van der Waals surface area contributed by atoms with Crippen molar-refractivity contribution in [2.75, 3.05) is 19.7 Å². The molecule has 0 aliphatic heterocycles. The van der Waals surface area contributed by atoms with E-state index in [-0.39, 0.29) is 24.1 Å². The number of rotatable bonds is 11. The van der Waals surface area contributed by atoms with E-state index in [2.05, 4.69) is 5.32 Å². The van der Waals surface area contributed by atoms with Gasteiger partial charge in [0, 0.05) is 35.3 Å². The SMILES string of the molecule is Cc1ccc(S(=O)(=O)N(CC(=O)NCCCOC(C)C)Cc2c(Cl)cccc2Cl)cc1. The summed E-state index contributed by atoms with van der Waals surface area (Å²) in [5.41, 5.74) is 1.38. The molecule has 0 aliphatic rings. The molecule has 9 heteroatoms. The van der Waals surface area contributed by atoms with Gasteiger partial charge < -0.3 is 10.1 Å². The number of nitrogens with zero attached hydrogens (tertiary/aromatic N) is 1. The van der Waals surface area contributed by atoms with E-state index >= 15 is 0 Å². The van der Waals surface area contributed by atoms with E-state index in [1.807, 2.05) is 20.8 Å². The summed E-state index contributed by atoms with van der Waals surface area (Å²) in [7, 11) is -3.96. The molecular weight excluding hydrogens is 459 g/mol. The Morgan fingerprint density at radius 3 is 2.29 bits per heavy atom. The first-order valence-electron chi connectivity index (χ1n) is 9.99. The van der Waals surface area contributed by atoms with Crippen LogP contribution in [0.3, 0.4) is 0 Å². The van der Waals surface area contributed by atoms with Gasteiger partial charge in [0.25, 0.3) is 0 Å². The Morgan fingerprint density at radius 2 is 1.71 bits per heavy atom. The van der Waals surface area contributed by atoms with E-state index < -0.39 is 15.9 Å². The van der Waals surface area contributed by atoms with Gasteiger partial charge >= 0.3 is 0 Å². The quantitative estimate of drug-likeness (QED) is 0.476. The van der Waals surface area contributed by atoms with Crippen molar-refractivity contribution in [3.05, 3.63) is 63.6 Å². The maximum atomic E-state index is 13.3. The minimum atomic E-state index is -3.96. The zero-order chi connectivity index (χ0) is 23.0. The molecule has 170 valence electrons. The second kappa shape index (κ2) is 11.8. The summed E-state index contributed by atoms with van der Waals surface area (Å²) in [5, 5.41) is 3.42. The minimum absolute atomic E-state index is 0.0967. The Kier molecular flexibility index (Phi) is 9.78. The van der Waals surface area contributed by atoms with Gasteiger partial charge in [0.15, 0.2) is 0 Å². The van der Waals surface area contributed by atoms with E-state index in [4.69, 9.17) is 27.9 Å². The van der Waals surface area contributed by atoms with Crippen LogP contribution in [0.1, 0.15) is 31.4 Å². The first-order valence-corrected chi connectivity index (χ1v) is 12.2. The molecule has 0 aliphatic carbocycles. The average molecular weight is 487 g/mol. The molecule has 0 saturated carbocycles. The number of amides is 1. The highest BCUT2D eigenvalue weighted by Gasteiger charge is 2.28. The number of ether oxygens (including phenoxy) is 1.